The van der Waals surface area contributed by atoms with E-state index < -0.39 is 6.04 Å². The van der Waals surface area contributed by atoms with Crippen molar-refractivity contribution in [2.75, 3.05) is 0 Å². The highest BCUT2D eigenvalue weighted by Crippen LogP contribution is 2.06. The van der Waals surface area contributed by atoms with Gasteiger partial charge in [0.25, 0.3) is 5.91 Å². The second kappa shape index (κ2) is 8.75. The summed E-state index contributed by atoms with van der Waals surface area (Å²) >= 11 is 0. The molecule has 27 heavy (non-hydrogen) atoms. The van der Waals surface area contributed by atoms with Crippen LogP contribution >= 0.6 is 0 Å². The topological polar surface area (TPSA) is 88.9 Å². The molecule has 3 rings (SSSR count). The van der Waals surface area contributed by atoms with Crippen LogP contribution < -0.4 is 10.6 Å². The zero-order valence-electron chi connectivity index (χ0n) is 15.0. The smallest absolute Gasteiger partial charge is 0.251 e. The molecule has 7 heteroatoms. The molecule has 1 aromatic heterocycles. The Bertz CT molecular complexity index is 877. The number of carbonyl (C=O) groups is 2. The van der Waals surface area contributed by atoms with E-state index in [1.165, 1.54) is 6.33 Å². The molecule has 2 aromatic carbocycles. The molecule has 2 N–H and O–H groups in total. The Morgan fingerprint density at radius 2 is 1.74 bits per heavy atom. The number of nitrogens with zero attached hydrogens (tertiary/aromatic N) is 3. The number of carbonyl (C=O) groups excluding carboxylic acids is 2. The van der Waals surface area contributed by atoms with Crippen LogP contribution in [-0.2, 0) is 17.9 Å². The van der Waals surface area contributed by atoms with E-state index in [2.05, 4.69) is 20.7 Å². The normalized spacial score (nSPS) is 11.6. The average Bonchev–Trinajstić information content (AvgIpc) is 3.21. The molecule has 0 spiro atoms. The summed E-state index contributed by atoms with van der Waals surface area (Å²) in [6.07, 6.45) is 3.17. The third-order valence-corrected chi connectivity index (χ3v) is 4.08. The van der Waals surface area contributed by atoms with Gasteiger partial charge in [-0.1, -0.05) is 42.5 Å². The summed E-state index contributed by atoms with van der Waals surface area (Å²) in [6.45, 7) is 2.71. The lowest BCUT2D eigenvalue weighted by molar-refractivity contribution is -0.122. The third-order valence-electron chi connectivity index (χ3n) is 4.08. The Morgan fingerprint density at radius 3 is 2.41 bits per heavy atom. The van der Waals surface area contributed by atoms with Crippen molar-refractivity contribution < 1.29 is 9.59 Å². The third kappa shape index (κ3) is 5.24. The highest BCUT2D eigenvalue weighted by atomic mass is 16.2. The van der Waals surface area contributed by atoms with E-state index in [1.807, 2.05) is 30.3 Å². The van der Waals surface area contributed by atoms with Crippen LogP contribution in [0.4, 0.5) is 0 Å². The molecule has 7 nitrogen and oxygen atoms in total. The Balaban J connectivity index is 1.47. The fraction of sp³-hybridized carbons (Fsp3) is 0.200. The second-order valence-electron chi connectivity index (χ2n) is 6.19. The summed E-state index contributed by atoms with van der Waals surface area (Å²) < 4.78 is 1.74. The Kier molecular flexibility index (Phi) is 5.94. The Labute approximate surface area is 157 Å². The minimum Gasteiger partial charge on any atom is -0.350 e. The van der Waals surface area contributed by atoms with Gasteiger partial charge < -0.3 is 10.6 Å². The molecule has 0 aliphatic heterocycles. The molecule has 0 fully saturated rings. The van der Waals surface area contributed by atoms with Gasteiger partial charge >= 0.3 is 0 Å². The molecular weight excluding hydrogens is 342 g/mol. The first kappa shape index (κ1) is 18.3. The maximum Gasteiger partial charge on any atom is 0.251 e. The predicted molar refractivity (Wildman–Crippen MR) is 101 cm³/mol. The predicted octanol–water partition coefficient (Wildman–Crippen LogP) is 1.76. The lowest BCUT2D eigenvalue weighted by Crippen LogP contribution is -2.44. The SMILES string of the molecule is CC(NC(=O)c1ccccc1)C(=O)NCc1ccc(Cn2cncn2)cc1. The molecule has 0 aliphatic rings. The number of nitrogens with one attached hydrogen (secondary N) is 2. The molecule has 0 saturated heterocycles. The van der Waals surface area contributed by atoms with Gasteiger partial charge in [0.1, 0.15) is 18.7 Å². The van der Waals surface area contributed by atoms with Crippen molar-refractivity contribution in [2.45, 2.75) is 26.1 Å². The zero-order valence-corrected chi connectivity index (χ0v) is 15.0. The summed E-state index contributed by atoms with van der Waals surface area (Å²) in [4.78, 5) is 28.2. The quantitative estimate of drug-likeness (QED) is 0.669. The standard InChI is InChI=1S/C20H21N5O2/c1-15(24-20(27)18-5-3-2-4-6-18)19(26)22-11-16-7-9-17(10-8-16)12-25-14-21-13-23-25/h2-10,13-15H,11-12H2,1H3,(H,22,26)(H,24,27). The van der Waals surface area contributed by atoms with E-state index in [1.54, 1.807) is 42.2 Å². The maximum atomic E-state index is 12.2. The molecule has 1 heterocycles. The van der Waals surface area contributed by atoms with Crippen LogP contribution in [0.3, 0.4) is 0 Å². The van der Waals surface area contributed by atoms with Gasteiger partial charge in [0.15, 0.2) is 0 Å². The van der Waals surface area contributed by atoms with E-state index in [0.717, 1.165) is 11.1 Å². The lowest BCUT2D eigenvalue weighted by Gasteiger charge is -2.14. The van der Waals surface area contributed by atoms with Crippen molar-refractivity contribution in [3.05, 3.63) is 83.9 Å². The summed E-state index contributed by atoms with van der Waals surface area (Å²) in [5, 5.41) is 9.61. The highest BCUT2D eigenvalue weighted by molar-refractivity contribution is 5.97. The number of aromatic nitrogens is 3. The van der Waals surface area contributed by atoms with Gasteiger partial charge in [0, 0.05) is 12.1 Å². The molecule has 0 saturated carbocycles. The van der Waals surface area contributed by atoms with Gasteiger partial charge in [-0.05, 0) is 30.2 Å². The summed E-state index contributed by atoms with van der Waals surface area (Å²) in [7, 11) is 0. The Morgan fingerprint density at radius 1 is 1.04 bits per heavy atom. The van der Waals surface area contributed by atoms with Gasteiger partial charge in [-0.3, -0.25) is 9.59 Å². The van der Waals surface area contributed by atoms with Gasteiger partial charge in [-0.15, -0.1) is 0 Å². The molecule has 138 valence electrons. The van der Waals surface area contributed by atoms with Crippen LogP contribution in [-0.4, -0.2) is 32.6 Å². The largest absolute Gasteiger partial charge is 0.350 e. The molecule has 0 radical (unpaired) electrons. The lowest BCUT2D eigenvalue weighted by atomic mass is 10.1. The molecule has 0 aliphatic carbocycles. The van der Waals surface area contributed by atoms with E-state index in [9.17, 15) is 9.59 Å². The summed E-state index contributed by atoms with van der Waals surface area (Å²) in [5.41, 5.74) is 2.60. The van der Waals surface area contributed by atoms with Crippen LogP contribution in [0, 0.1) is 0 Å². The number of benzene rings is 2. The van der Waals surface area contributed by atoms with Crippen molar-refractivity contribution in [2.24, 2.45) is 0 Å². The van der Waals surface area contributed by atoms with E-state index in [0.29, 0.717) is 18.7 Å². The van der Waals surface area contributed by atoms with Crippen molar-refractivity contribution >= 4 is 11.8 Å². The fourth-order valence-electron chi connectivity index (χ4n) is 2.54. The first-order valence-electron chi connectivity index (χ1n) is 8.65. The van der Waals surface area contributed by atoms with Crippen LogP contribution in [0.15, 0.2) is 67.3 Å². The summed E-state index contributed by atoms with van der Waals surface area (Å²) in [6, 6.07) is 16.1. The number of rotatable bonds is 7. The van der Waals surface area contributed by atoms with E-state index in [4.69, 9.17) is 0 Å². The molecule has 2 amide bonds. The first-order chi connectivity index (χ1) is 13.1. The van der Waals surface area contributed by atoms with Crippen molar-refractivity contribution in [1.29, 1.82) is 0 Å². The first-order valence-corrected chi connectivity index (χ1v) is 8.65. The van der Waals surface area contributed by atoms with Crippen molar-refractivity contribution in [3.8, 4) is 0 Å². The fourth-order valence-corrected chi connectivity index (χ4v) is 2.54. The molecule has 1 unspecified atom stereocenters. The Hall–Kier alpha value is -3.48. The van der Waals surface area contributed by atoms with Gasteiger partial charge in [0.05, 0.1) is 6.54 Å². The van der Waals surface area contributed by atoms with Crippen LogP contribution in [0.5, 0.6) is 0 Å². The van der Waals surface area contributed by atoms with Gasteiger partial charge in [0.2, 0.25) is 5.91 Å². The minimum absolute atomic E-state index is 0.231. The molecule has 1 atom stereocenters. The van der Waals surface area contributed by atoms with Gasteiger partial charge in [-0.25, -0.2) is 9.67 Å². The van der Waals surface area contributed by atoms with Crippen LogP contribution in [0.2, 0.25) is 0 Å². The van der Waals surface area contributed by atoms with Crippen molar-refractivity contribution in [3.63, 3.8) is 0 Å². The van der Waals surface area contributed by atoms with Crippen LogP contribution in [0.1, 0.15) is 28.4 Å². The summed E-state index contributed by atoms with van der Waals surface area (Å²) in [5.74, 6) is -0.498. The average molecular weight is 363 g/mol. The number of amides is 2. The second-order valence-corrected chi connectivity index (χ2v) is 6.19. The highest BCUT2D eigenvalue weighted by Gasteiger charge is 2.16. The van der Waals surface area contributed by atoms with Crippen molar-refractivity contribution in [1.82, 2.24) is 25.4 Å². The molecule has 3 aromatic rings. The maximum absolute atomic E-state index is 12.2. The zero-order chi connectivity index (χ0) is 19.1. The van der Waals surface area contributed by atoms with Gasteiger partial charge in [-0.2, -0.15) is 5.10 Å². The monoisotopic (exact) mass is 363 g/mol. The molecule has 0 bridgehead atoms. The van der Waals surface area contributed by atoms with E-state index in [-0.39, 0.29) is 11.8 Å². The van der Waals surface area contributed by atoms with E-state index >= 15 is 0 Å². The molecular formula is C20H21N5O2. The minimum atomic E-state index is -0.621. The number of hydrogen-bond acceptors (Lipinski definition) is 4. The van der Waals surface area contributed by atoms with Crippen LogP contribution in [0.25, 0.3) is 0 Å². The number of hydrogen-bond donors (Lipinski definition) is 2.